The van der Waals surface area contributed by atoms with Crippen LogP contribution in [0.1, 0.15) is 5.69 Å². The van der Waals surface area contributed by atoms with Gasteiger partial charge in [0.15, 0.2) is 0 Å². The number of aromatic nitrogens is 2. The number of carboxylic acid groups (broad SMARTS) is 2. The number of carbonyl (C=O) groups is 1. The first-order chi connectivity index (χ1) is 5.52. The largest absolute Gasteiger partial charge is 0.503 e. The van der Waals surface area contributed by atoms with Gasteiger partial charge < -0.3 is 15.3 Å². The first kappa shape index (κ1) is 10.2. The summed E-state index contributed by atoms with van der Waals surface area (Å²) in [4.78, 5) is 15.9. The van der Waals surface area contributed by atoms with E-state index in [1.807, 2.05) is 0 Å². The molecule has 0 spiro atoms. The fourth-order valence-corrected chi connectivity index (χ4v) is 0.450. The van der Waals surface area contributed by atoms with E-state index in [9.17, 15) is 0 Å². The van der Waals surface area contributed by atoms with Crippen molar-refractivity contribution >= 4 is 6.16 Å². The number of aryl methyl sites for hydroxylation is 1. The minimum absolute atomic E-state index is 0.0231. The molecule has 1 aromatic heterocycles. The van der Waals surface area contributed by atoms with E-state index in [1.54, 1.807) is 13.1 Å². The number of rotatable bonds is 0. The Bertz CT molecular complexity index is 242. The molecule has 3 N–H and O–H groups in total. The fourth-order valence-electron chi connectivity index (χ4n) is 0.450. The van der Waals surface area contributed by atoms with Crippen molar-refractivity contribution in [2.45, 2.75) is 6.92 Å². The van der Waals surface area contributed by atoms with Crippen molar-refractivity contribution in [2.75, 3.05) is 0 Å². The van der Waals surface area contributed by atoms with Crippen LogP contribution in [-0.4, -0.2) is 31.4 Å². The summed E-state index contributed by atoms with van der Waals surface area (Å²) in [5.74, 6) is -0.0231. The van der Waals surface area contributed by atoms with Gasteiger partial charge in [0, 0.05) is 6.20 Å². The summed E-state index contributed by atoms with van der Waals surface area (Å²) in [6.07, 6.45) is 1.05. The quantitative estimate of drug-likeness (QED) is 0.532. The highest BCUT2D eigenvalue weighted by Gasteiger charge is 1.86. The molecule has 12 heavy (non-hydrogen) atoms. The second kappa shape index (κ2) is 4.89. The number of hydrogen-bond acceptors (Lipinski definition) is 4. The van der Waals surface area contributed by atoms with Gasteiger partial charge in [-0.05, 0) is 6.92 Å². The summed E-state index contributed by atoms with van der Waals surface area (Å²) in [7, 11) is 0. The van der Waals surface area contributed by atoms with Gasteiger partial charge >= 0.3 is 6.16 Å². The van der Waals surface area contributed by atoms with E-state index >= 15 is 0 Å². The van der Waals surface area contributed by atoms with E-state index < -0.39 is 6.16 Å². The van der Waals surface area contributed by atoms with E-state index in [0.717, 1.165) is 5.69 Å². The highest BCUT2D eigenvalue weighted by Crippen LogP contribution is 1.98. The van der Waals surface area contributed by atoms with Crippen LogP contribution < -0.4 is 0 Å². The Balaban J connectivity index is 0.000000261. The lowest BCUT2D eigenvalue weighted by molar-refractivity contribution is 0.137. The minimum Gasteiger partial charge on any atom is -0.492 e. The number of hydrogen-bond donors (Lipinski definition) is 3. The van der Waals surface area contributed by atoms with Crippen molar-refractivity contribution < 1.29 is 20.1 Å². The standard InChI is InChI=1S/C5H6N2O.CH2O3/c1-4-2-6-3-5(8)7-4;2-1(3)4/h2-3H,1H3,(H,7,8);(H2,2,3,4). The molecule has 0 unspecified atom stereocenters. The molecular formula is C6H8N2O4. The number of aromatic hydroxyl groups is 1. The van der Waals surface area contributed by atoms with Gasteiger partial charge in [-0.15, -0.1) is 0 Å². The maximum atomic E-state index is 8.64. The molecule has 66 valence electrons. The monoisotopic (exact) mass is 172 g/mol. The molecule has 6 nitrogen and oxygen atoms in total. The van der Waals surface area contributed by atoms with E-state index in [2.05, 4.69) is 9.97 Å². The molecule has 0 aliphatic carbocycles. The zero-order chi connectivity index (χ0) is 9.56. The zero-order valence-electron chi connectivity index (χ0n) is 6.30. The third-order valence-corrected chi connectivity index (χ3v) is 0.742. The summed E-state index contributed by atoms with van der Waals surface area (Å²) in [5.41, 5.74) is 0.727. The van der Waals surface area contributed by atoms with Crippen LogP contribution in [0.2, 0.25) is 0 Å². The third kappa shape index (κ3) is 6.27. The predicted octanol–water partition coefficient (Wildman–Crippen LogP) is 0.713. The molecule has 0 saturated heterocycles. The van der Waals surface area contributed by atoms with Gasteiger partial charge in [-0.25, -0.2) is 9.78 Å². The molecule has 0 aliphatic heterocycles. The van der Waals surface area contributed by atoms with Crippen molar-refractivity contribution in [1.29, 1.82) is 0 Å². The Hall–Kier alpha value is -1.85. The molecule has 6 heteroatoms. The molecule has 0 aromatic carbocycles. The van der Waals surface area contributed by atoms with E-state index in [4.69, 9.17) is 20.1 Å². The summed E-state index contributed by atoms with van der Waals surface area (Å²) < 4.78 is 0. The van der Waals surface area contributed by atoms with Crippen molar-refractivity contribution in [3.05, 3.63) is 18.1 Å². The Kier molecular flexibility index (Phi) is 4.13. The van der Waals surface area contributed by atoms with Gasteiger partial charge in [-0.3, -0.25) is 4.98 Å². The van der Waals surface area contributed by atoms with Crippen molar-refractivity contribution in [3.8, 4) is 5.88 Å². The highest BCUT2D eigenvalue weighted by molar-refractivity contribution is 5.53. The molecule has 0 saturated carbocycles. The summed E-state index contributed by atoms with van der Waals surface area (Å²) in [5, 5.41) is 22.6. The second-order valence-electron chi connectivity index (χ2n) is 1.80. The van der Waals surface area contributed by atoms with Gasteiger partial charge in [0.1, 0.15) is 0 Å². The van der Waals surface area contributed by atoms with Crippen molar-refractivity contribution in [2.24, 2.45) is 0 Å². The van der Waals surface area contributed by atoms with Crippen LogP contribution in [-0.2, 0) is 0 Å². The maximum absolute atomic E-state index is 8.64. The summed E-state index contributed by atoms with van der Waals surface area (Å²) in [6.45, 7) is 1.77. The molecule has 0 bridgehead atoms. The zero-order valence-corrected chi connectivity index (χ0v) is 6.30. The first-order valence-electron chi connectivity index (χ1n) is 2.92. The Morgan fingerprint density at radius 3 is 2.17 bits per heavy atom. The lowest BCUT2D eigenvalue weighted by Gasteiger charge is -1.88. The maximum Gasteiger partial charge on any atom is 0.503 e. The molecule has 0 fully saturated rings. The van der Waals surface area contributed by atoms with Gasteiger partial charge in [0.2, 0.25) is 5.88 Å². The average Bonchev–Trinajstić information content (AvgIpc) is 1.84. The van der Waals surface area contributed by atoms with Gasteiger partial charge in [0.25, 0.3) is 0 Å². The average molecular weight is 172 g/mol. The topological polar surface area (TPSA) is 104 Å². The normalized spacial score (nSPS) is 8.08. The van der Waals surface area contributed by atoms with Gasteiger partial charge in [-0.1, -0.05) is 0 Å². The van der Waals surface area contributed by atoms with Gasteiger partial charge in [0.05, 0.1) is 11.9 Å². The molecule has 0 aliphatic rings. The van der Waals surface area contributed by atoms with Crippen LogP contribution >= 0.6 is 0 Å². The fraction of sp³-hybridized carbons (Fsp3) is 0.167. The molecule has 0 amide bonds. The van der Waals surface area contributed by atoms with Crippen LogP contribution in [0.4, 0.5) is 4.79 Å². The first-order valence-corrected chi connectivity index (χ1v) is 2.92. The van der Waals surface area contributed by atoms with Crippen LogP contribution in [0.5, 0.6) is 5.88 Å². The van der Waals surface area contributed by atoms with Crippen molar-refractivity contribution in [1.82, 2.24) is 9.97 Å². The summed E-state index contributed by atoms with van der Waals surface area (Å²) >= 11 is 0. The van der Waals surface area contributed by atoms with Gasteiger partial charge in [-0.2, -0.15) is 0 Å². The van der Waals surface area contributed by atoms with Crippen LogP contribution in [0.3, 0.4) is 0 Å². The van der Waals surface area contributed by atoms with E-state index in [1.165, 1.54) is 6.20 Å². The van der Waals surface area contributed by atoms with Crippen LogP contribution in [0.15, 0.2) is 12.4 Å². The molecule has 1 aromatic rings. The van der Waals surface area contributed by atoms with Crippen LogP contribution in [0, 0.1) is 6.92 Å². The lowest BCUT2D eigenvalue weighted by Crippen LogP contribution is -1.81. The SMILES string of the molecule is Cc1cncc(O)n1.O=C(O)O. The third-order valence-electron chi connectivity index (χ3n) is 0.742. The number of nitrogens with zero attached hydrogens (tertiary/aromatic N) is 2. The van der Waals surface area contributed by atoms with Crippen LogP contribution in [0.25, 0.3) is 0 Å². The molecular weight excluding hydrogens is 164 g/mol. The molecule has 0 atom stereocenters. The minimum atomic E-state index is -1.83. The molecule has 1 rings (SSSR count). The van der Waals surface area contributed by atoms with Crippen molar-refractivity contribution in [3.63, 3.8) is 0 Å². The summed E-state index contributed by atoms with van der Waals surface area (Å²) in [6, 6.07) is 0. The van der Waals surface area contributed by atoms with E-state index in [-0.39, 0.29) is 5.88 Å². The predicted molar refractivity (Wildman–Crippen MR) is 39.1 cm³/mol. The molecule has 1 heterocycles. The Morgan fingerprint density at radius 1 is 1.42 bits per heavy atom. The Morgan fingerprint density at radius 2 is 1.92 bits per heavy atom. The second-order valence-corrected chi connectivity index (χ2v) is 1.80. The Labute approximate surface area is 68.2 Å². The highest BCUT2D eigenvalue weighted by atomic mass is 16.6. The lowest BCUT2D eigenvalue weighted by atomic mass is 10.5. The smallest absolute Gasteiger partial charge is 0.492 e. The van der Waals surface area contributed by atoms with E-state index in [0.29, 0.717) is 0 Å². The molecule has 0 radical (unpaired) electrons.